The van der Waals surface area contributed by atoms with Gasteiger partial charge in [0.1, 0.15) is 17.3 Å². The van der Waals surface area contributed by atoms with E-state index in [2.05, 4.69) is 0 Å². The zero-order chi connectivity index (χ0) is 22.1. The van der Waals surface area contributed by atoms with E-state index in [1.165, 1.54) is 0 Å². The minimum absolute atomic E-state index is 0.00791. The first kappa shape index (κ1) is 21.0. The molecule has 1 aliphatic carbocycles. The Morgan fingerprint density at radius 2 is 1.68 bits per heavy atom. The van der Waals surface area contributed by atoms with Crippen molar-refractivity contribution in [3.63, 3.8) is 0 Å². The summed E-state index contributed by atoms with van der Waals surface area (Å²) in [5, 5.41) is 11.2. The second-order valence-electron chi connectivity index (χ2n) is 8.10. The van der Waals surface area contributed by atoms with E-state index in [-0.39, 0.29) is 17.4 Å². The van der Waals surface area contributed by atoms with Crippen molar-refractivity contribution in [2.45, 2.75) is 44.7 Å². The average molecular weight is 421 g/mol. The van der Waals surface area contributed by atoms with Crippen LogP contribution >= 0.6 is 0 Å². The standard InChI is InChI=1S/C25H27NO5/c1-15-14-17(10-13-20(15)31-3)23(27)21-22(16-8-11-19(30-2)12-9-16)26(25(29)24(21)28)18-6-4-5-7-18/h8-14,18,22,27H,4-7H2,1-3H3/b23-21-. The Morgan fingerprint density at radius 1 is 1.00 bits per heavy atom. The van der Waals surface area contributed by atoms with Gasteiger partial charge in [0.25, 0.3) is 11.7 Å². The molecule has 31 heavy (non-hydrogen) atoms. The SMILES string of the molecule is COc1ccc(C2/C(=C(/O)c3ccc(OC)c(C)c3)C(=O)C(=O)N2C2CCCC2)cc1. The first-order chi connectivity index (χ1) is 15.0. The van der Waals surface area contributed by atoms with Crippen LogP contribution in [-0.4, -0.2) is 42.0 Å². The highest BCUT2D eigenvalue weighted by Gasteiger charge is 2.49. The number of hydrogen-bond acceptors (Lipinski definition) is 5. The van der Waals surface area contributed by atoms with Crippen LogP contribution in [0.1, 0.15) is 48.4 Å². The molecule has 1 saturated heterocycles. The summed E-state index contributed by atoms with van der Waals surface area (Å²) in [5.74, 6) is 0.0330. The molecule has 0 spiro atoms. The number of nitrogens with zero attached hydrogens (tertiary/aromatic N) is 1. The van der Waals surface area contributed by atoms with E-state index in [4.69, 9.17) is 9.47 Å². The van der Waals surface area contributed by atoms with Gasteiger partial charge >= 0.3 is 0 Å². The third kappa shape index (κ3) is 3.67. The molecule has 6 nitrogen and oxygen atoms in total. The molecule has 1 N–H and O–H groups in total. The number of carbonyl (C=O) groups excluding carboxylic acids is 2. The van der Waals surface area contributed by atoms with Gasteiger partial charge in [-0.15, -0.1) is 0 Å². The van der Waals surface area contributed by atoms with Crippen LogP contribution in [0.25, 0.3) is 5.76 Å². The molecule has 4 rings (SSSR count). The van der Waals surface area contributed by atoms with Crippen LogP contribution in [0.4, 0.5) is 0 Å². The maximum absolute atomic E-state index is 13.1. The van der Waals surface area contributed by atoms with Crippen molar-refractivity contribution < 1.29 is 24.2 Å². The molecule has 1 heterocycles. The minimum atomic E-state index is -0.640. The number of aryl methyl sites for hydroxylation is 1. The Morgan fingerprint density at radius 3 is 2.26 bits per heavy atom. The lowest BCUT2D eigenvalue weighted by Crippen LogP contribution is -2.37. The zero-order valence-corrected chi connectivity index (χ0v) is 18.1. The van der Waals surface area contributed by atoms with Crippen molar-refractivity contribution in [2.75, 3.05) is 14.2 Å². The van der Waals surface area contributed by atoms with Gasteiger partial charge in [-0.3, -0.25) is 9.59 Å². The Bertz CT molecular complexity index is 1030. The van der Waals surface area contributed by atoms with E-state index in [9.17, 15) is 14.7 Å². The number of aliphatic hydroxyl groups excluding tert-OH is 1. The average Bonchev–Trinajstić information content (AvgIpc) is 3.40. The second kappa shape index (κ2) is 8.46. The maximum Gasteiger partial charge on any atom is 0.295 e. The number of benzene rings is 2. The van der Waals surface area contributed by atoms with Crippen LogP contribution in [0.15, 0.2) is 48.0 Å². The Hall–Kier alpha value is -3.28. The molecule has 2 fully saturated rings. The highest BCUT2D eigenvalue weighted by Crippen LogP contribution is 2.43. The van der Waals surface area contributed by atoms with Crippen molar-refractivity contribution in [1.82, 2.24) is 4.90 Å². The molecule has 1 amide bonds. The van der Waals surface area contributed by atoms with Crippen LogP contribution < -0.4 is 9.47 Å². The summed E-state index contributed by atoms with van der Waals surface area (Å²) >= 11 is 0. The lowest BCUT2D eigenvalue weighted by Gasteiger charge is -2.30. The summed E-state index contributed by atoms with van der Waals surface area (Å²) in [4.78, 5) is 27.9. The number of hydrogen-bond donors (Lipinski definition) is 1. The predicted molar refractivity (Wildman–Crippen MR) is 117 cm³/mol. The summed E-state index contributed by atoms with van der Waals surface area (Å²) in [6, 6.07) is 11.9. The molecular weight excluding hydrogens is 394 g/mol. The smallest absolute Gasteiger partial charge is 0.295 e. The van der Waals surface area contributed by atoms with Gasteiger partial charge in [-0.05, 0) is 61.2 Å². The molecule has 162 valence electrons. The molecule has 1 atom stereocenters. The summed E-state index contributed by atoms with van der Waals surface area (Å²) in [6.07, 6.45) is 3.78. The number of carbonyl (C=O) groups is 2. The highest BCUT2D eigenvalue weighted by molar-refractivity contribution is 6.46. The summed E-state index contributed by atoms with van der Waals surface area (Å²) in [6.45, 7) is 1.87. The van der Waals surface area contributed by atoms with Gasteiger partial charge in [-0.2, -0.15) is 0 Å². The van der Waals surface area contributed by atoms with Crippen LogP contribution in [0.2, 0.25) is 0 Å². The highest BCUT2D eigenvalue weighted by atomic mass is 16.5. The van der Waals surface area contributed by atoms with Gasteiger partial charge in [-0.25, -0.2) is 0 Å². The molecule has 2 aromatic carbocycles. The van der Waals surface area contributed by atoms with Crippen molar-refractivity contribution in [1.29, 1.82) is 0 Å². The molecule has 0 aromatic heterocycles. The number of ketones is 1. The number of likely N-dealkylation sites (tertiary alicyclic amines) is 1. The van der Waals surface area contributed by atoms with E-state index in [0.29, 0.717) is 17.1 Å². The summed E-state index contributed by atoms with van der Waals surface area (Å²) in [5.41, 5.74) is 2.23. The van der Waals surface area contributed by atoms with Gasteiger partial charge in [0.15, 0.2) is 0 Å². The Labute approximate surface area is 182 Å². The van der Waals surface area contributed by atoms with E-state index in [0.717, 1.165) is 36.8 Å². The molecule has 1 aliphatic heterocycles. The molecule has 0 bridgehead atoms. The van der Waals surface area contributed by atoms with Crippen LogP contribution in [0, 0.1) is 6.92 Å². The lowest BCUT2D eigenvalue weighted by molar-refractivity contribution is -0.141. The normalized spacial score (nSPS) is 21.0. The molecule has 1 saturated carbocycles. The number of methoxy groups -OCH3 is 2. The van der Waals surface area contributed by atoms with Gasteiger partial charge < -0.3 is 19.5 Å². The number of aliphatic hydroxyl groups is 1. The molecule has 6 heteroatoms. The zero-order valence-electron chi connectivity index (χ0n) is 18.1. The van der Waals surface area contributed by atoms with Gasteiger partial charge in [0.05, 0.1) is 25.8 Å². The third-order valence-electron chi connectivity index (χ3n) is 6.30. The van der Waals surface area contributed by atoms with Crippen molar-refractivity contribution in [3.05, 3.63) is 64.7 Å². The molecule has 1 unspecified atom stereocenters. The topological polar surface area (TPSA) is 76.1 Å². The van der Waals surface area contributed by atoms with Gasteiger partial charge in [0.2, 0.25) is 0 Å². The summed E-state index contributed by atoms with van der Waals surface area (Å²) < 4.78 is 10.6. The van der Waals surface area contributed by atoms with Crippen LogP contribution in [0.3, 0.4) is 0 Å². The molecule has 2 aromatic rings. The first-order valence-electron chi connectivity index (χ1n) is 10.5. The fourth-order valence-corrected chi connectivity index (χ4v) is 4.70. The van der Waals surface area contributed by atoms with E-state index in [1.54, 1.807) is 37.3 Å². The fourth-order valence-electron chi connectivity index (χ4n) is 4.70. The Kier molecular flexibility index (Phi) is 5.72. The fraction of sp³-hybridized carbons (Fsp3) is 0.360. The van der Waals surface area contributed by atoms with Crippen molar-refractivity contribution >= 4 is 17.4 Å². The largest absolute Gasteiger partial charge is 0.507 e. The summed E-state index contributed by atoms with van der Waals surface area (Å²) in [7, 11) is 3.17. The predicted octanol–water partition coefficient (Wildman–Crippen LogP) is 4.38. The van der Waals surface area contributed by atoms with E-state index in [1.807, 2.05) is 31.2 Å². The number of rotatable bonds is 5. The van der Waals surface area contributed by atoms with Crippen molar-refractivity contribution in [3.8, 4) is 11.5 Å². The van der Waals surface area contributed by atoms with Crippen LogP contribution in [-0.2, 0) is 9.59 Å². The van der Waals surface area contributed by atoms with E-state index >= 15 is 0 Å². The Balaban J connectivity index is 1.86. The number of Topliss-reactive ketones (excluding diaryl/α,β-unsaturated/α-hetero) is 1. The minimum Gasteiger partial charge on any atom is -0.507 e. The second-order valence-corrected chi connectivity index (χ2v) is 8.10. The monoisotopic (exact) mass is 421 g/mol. The maximum atomic E-state index is 13.1. The lowest BCUT2D eigenvalue weighted by atomic mass is 9.94. The third-order valence-corrected chi connectivity index (χ3v) is 6.30. The van der Waals surface area contributed by atoms with Gasteiger partial charge in [-0.1, -0.05) is 25.0 Å². The molecular formula is C25H27NO5. The van der Waals surface area contributed by atoms with Crippen molar-refractivity contribution in [2.24, 2.45) is 0 Å². The quantitative estimate of drug-likeness (QED) is 0.441. The van der Waals surface area contributed by atoms with Crippen LogP contribution in [0.5, 0.6) is 11.5 Å². The first-order valence-corrected chi connectivity index (χ1v) is 10.5. The number of amides is 1. The molecule has 2 aliphatic rings. The van der Waals surface area contributed by atoms with Gasteiger partial charge in [0, 0.05) is 11.6 Å². The molecule has 0 radical (unpaired) electrons. The number of ether oxygens (including phenoxy) is 2. The van der Waals surface area contributed by atoms with E-state index < -0.39 is 17.7 Å².